The van der Waals surface area contributed by atoms with Gasteiger partial charge in [-0.05, 0) is 5.56 Å². The zero-order valence-corrected chi connectivity index (χ0v) is 11.8. The van der Waals surface area contributed by atoms with E-state index in [2.05, 4.69) is 4.90 Å². The van der Waals surface area contributed by atoms with Crippen LogP contribution in [0.4, 0.5) is 0 Å². The summed E-state index contributed by atoms with van der Waals surface area (Å²) < 4.78 is 10.1. The van der Waals surface area contributed by atoms with E-state index in [1.165, 1.54) is 0 Å². The normalized spacial score (nSPS) is 10.9. The van der Waals surface area contributed by atoms with Crippen LogP contribution in [0.25, 0.3) is 0 Å². The van der Waals surface area contributed by atoms with Crippen LogP contribution in [0.3, 0.4) is 0 Å². The maximum Gasteiger partial charge on any atom is 0.151 e. The van der Waals surface area contributed by atoms with Gasteiger partial charge in [-0.2, -0.15) is 0 Å². The number of hydrogen-bond donors (Lipinski definition) is 0. The van der Waals surface area contributed by atoms with Crippen LogP contribution in [0.15, 0.2) is 30.3 Å². The van der Waals surface area contributed by atoms with Gasteiger partial charge in [-0.25, -0.2) is 0 Å². The highest BCUT2D eigenvalue weighted by Gasteiger charge is 2.11. The second-order valence-corrected chi connectivity index (χ2v) is 4.46. The van der Waals surface area contributed by atoms with Crippen molar-refractivity contribution in [3.63, 3.8) is 0 Å². The van der Waals surface area contributed by atoms with E-state index >= 15 is 0 Å². The zero-order chi connectivity index (χ0) is 13.9. The molecule has 1 rings (SSSR count). The fourth-order valence-electron chi connectivity index (χ4n) is 1.84. The first-order chi connectivity index (χ1) is 9.26. The van der Waals surface area contributed by atoms with Gasteiger partial charge in [0.25, 0.3) is 0 Å². The standard InChI is InChI=1S/C15H23NO3/c1-18-10-8-16(9-11-19-2)13-15(17)12-14-6-4-3-5-7-14/h3-7H,8-13H2,1-2H3. The lowest BCUT2D eigenvalue weighted by atomic mass is 10.1. The molecular formula is C15H23NO3. The van der Waals surface area contributed by atoms with Gasteiger partial charge < -0.3 is 9.47 Å². The highest BCUT2D eigenvalue weighted by molar-refractivity contribution is 5.82. The summed E-state index contributed by atoms with van der Waals surface area (Å²) in [7, 11) is 3.33. The molecule has 0 aromatic heterocycles. The van der Waals surface area contributed by atoms with Crippen LogP contribution in [0.5, 0.6) is 0 Å². The molecule has 106 valence electrons. The summed E-state index contributed by atoms with van der Waals surface area (Å²) in [4.78, 5) is 14.1. The Balaban J connectivity index is 2.41. The van der Waals surface area contributed by atoms with Crippen molar-refractivity contribution < 1.29 is 14.3 Å². The number of Topliss-reactive ketones (excluding diaryl/α,β-unsaturated/α-hetero) is 1. The van der Waals surface area contributed by atoms with E-state index in [0.717, 1.165) is 18.7 Å². The third kappa shape index (κ3) is 7.06. The minimum atomic E-state index is 0.221. The monoisotopic (exact) mass is 265 g/mol. The fraction of sp³-hybridized carbons (Fsp3) is 0.533. The maximum atomic E-state index is 12.0. The maximum absolute atomic E-state index is 12.0. The van der Waals surface area contributed by atoms with E-state index in [1.54, 1.807) is 14.2 Å². The molecule has 0 radical (unpaired) electrons. The lowest BCUT2D eigenvalue weighted by molar-refractivity contribution is -0.119. The highest BCUT2D eigenvalue weighted by Crippen LogP contribution is 2.01. The highest BCUT2D eigenvalue weighted by atomic mass is 16.5. The summed E-state index contributed by atoms with van der Waals surface area (Å²) in [5.41, 5.74) is 1.06. The predicted molar refractivity (Wildman–Crippen MR) is 75.3 cm³/mol. The van der Waals surface area contributed by atoms with Crippen molar-refractivity contribution in [3.8, 4) is 0 Å². The summed E-state index contributed by atoms with van der Waals surface area (Å²) in [6.45, 7) is 3.20. The molecule has 4 heteroatoms. The first kappa shape index (κ1) is 15.8. The molecule has 0 aliphatic heterocycles. The van der Waals surface area contributed by atoms with E-state index in [1.807, 2.05) is 30.3 Å². The molecule has 19 heavy (non-hydrogen) atoms. The Morgan fingerprint density at radius 1 is 1.05 bits per heavy atom. The quantitative estimate of drug-likeness (QED) is 0.641. The number of benzene rings is 1. The summed E-state index contributed by atoms with van der Waals surface area (Å²) >= 11 is 0. The van der Waals surface area contributed by atoms with E-state index in [4.69, 9.17) is 9.47 Å². The fourth-order valence-corrected chi connectivity index (χ4v) is 1.84. The van der Waals surface area contributed by atoms with Gasteiger partial charge >= 0.3 is 0 Å². The average molecular weight is 265 g/mol. The minimum Gasteiger partial charge on any atom is -0.383 e. The van der Waals surface area contributed by atoms with E-state index < -0.39 is 0 Å². The first-order valence-electron chi connectivity index (χ1n) is 6.52. The number of methoxy groups -OCH3 is 2. The van der Waals surface area contributed by atoms with Crippen molar-refractivity contribution in [1.82, 2.24) is 4.90 Å². The van der Waals surface area contributed by atoms with Crippen molar-refractivity contribution in [2.24, 2.45) is 0 Å². The summed E-state index contributed by atoms with van der Waals surface area (Å²) in [6, 6.07) is 9.82. The largest absolute Gasteiger partial charge is 0.383 e. The second kappa shape index (κ2) is 9.67. The summed E-state index contributed by atoms with van der Waals surface area (Å²) in [5.74, 6) is 0.221. The number of rotatable bonds is 10. The zero-order valence-electron chi connectivity index (χ0n) is 11.8. The van der Waals surface area contributed by atoms with Crippen LogP contribution >= 0.6 is 0 Å². The Labute approximate surface area is 115 Å². The van der Waals surface area contributed by atoms with Crippen molar-refractivity contribution in [2.45, 2.75) is 6.42 Å². The molecule has 0 fully saturated rings. The molecule has 0 spiro atoms. The Morgan fingerprint density at radius 2 is 1.63 bits per heavy atom. The molecule has 0 aliphatic rings. The minimum absolute atomic E-state index is 0.221. The van der Waals surface area contributed by atoms with Crippen LogP contribution < -0.4 is 0 Å². The molecule has 0 unspecified atom stereocenters. The molecule has 1 aromatic rings. The van der Waals surface area contributed by atoms with Gasteiger partial charge in [0.2, 0.25) is 0 Å². The smallest absolute Gasteiger partial charge is 0.151 e. The summed E-state index contributed by atoms with van der Waals surface area (Å²) in [5, 5.41) is 0. The van der Waals surface area contributed by atoms with Crippen molar-refractivity contribution in [2.75, 3.05) is 47.1 Å². The van der Waals surface area contributed by atoms with Gasteiger partial charge in [0.05, 0.1) is 19.8 Å². The van der Waals surface area contributed by atoms with Crippen molar-refractivity contribution in [3.05, 3.63) is 35.9 Å². The average Bonchev–Trinajstić information content (AvgIpc) is 2.43. The SMILES string of the molecule is COCCN(CCOC)CC(=O)Cc1ccccc1. The van der Waals surface area contributed by atoms with Gasteiger partial charge in [0.1, 0.15) is 0 Å². The van der Waals surface area contributed by atoms with Crippen molar-refractivity contribution >= 4 is 5.78 Å². The number of ether oxygens (including phenoxy) is 2. The van der Waals surface area contributed by atoms with Gasteiger partial charge in [0.15, 0.2) is 5.78 Å². The lowest BCUT2D eigenvalue weighted by Gasteiger charge is -2.20. The van der Waals surface area contributed by atoms with Crippen LogP contribution in [0, 0.1) is 0 Å². The first-order valence-corrected chi connectivity index (χ1v) is 6.52. The van der Waals surface area contributed by atoms with Crippen LogP contribution in [0.2, 0.25) is 0 Å². The number of hydrogen-bond acceptors (Lipinski definition) is 4. The third-order valence-corrected chi connectivity index (χ3v) is 2.87. The third-order valence-electron chi connectivity index (χ3n) is 2.87. The van der Waals surface area contributed by atoms with E-state index in [9.17, 15) is 4.79 Å². The topological polar surface area (TPSA) is 38.8 Å². The molecule has 0 saturated heterocycles. The Morgan fingerprint density at radius 3 is 2.16 bits per heavy atom. The predicted octanol–water partition coefficient (Wildman–Crippen LogP) is 1.39. The van der Waals surface area contributed by atoms with E-state index in [0.29, 0.717) is 26.2 Å². The van der Waals surface area contributed by atoms with Crippen molar-refractivity contribution in [1.29, 1.82) is 0 Å². The van der Waals surface area contributed by atoms with Crippen LogP contribution in [-0.2, 0) is 20.7 Å². The van der Waals surface area contributed by atoms with Gasteiger partial charge in [-0.15, -0.1) is 0 Å². The molecule has 0 bridgehead atoms. The Kier molecular flexibility index (Phi) is 8.05. The van der Waals surface area contributed by atoms with Crippen LogP contribution in [-0.4, -0.2) is 57.8 Å². The van der Waals surface area contributed by atoms with Crippen LogP contribution in [0.1, 0.15) is 5.56 Å². The number of carbonyl (C=O) groups excluding carboxylic acids is 1. The number of carbonyl (C=O) groups is 1. The molecule has 0 amide bonds. The molecule has 4 nitrogen and oxygen atoms in total. The van der Waals surface area contributed by atoms with Gasteiger partial charge in [0, 0.05) is 33.7 Å². The molecule has 0 aliphatic carbocycles. The molecule has 1 aromatic carbocycles. The summed E-state index contributed by atoms with van der Waals surface area (Å²) in [6.07, 6.45) is 0.483. The second-order valence-electron chi connectivity index (χ2n) is 4.46. The number of nitrogens with zero attached hydrogens (tertiary/aromatic N) is 1. The molecule has 0 N–H and O–H groups in total. The lowest BCUT2D eigenvalue weighted by Crippen LogP contribution is -2.35. The molecule has 0 saturated carbocycles. The number of ketones is 1. The van der Waals surface area contributed by atoms with E-state index in [-0.39, 0.29) is 5.78 Å². The molecule has 0 atom stereocenters. The Hall–Kier alpha value is -1.23. The van der Waals surface area contributed by atoms with Gasteiger partial charge in [-0.3, -0.25) is 9.69 Å². The van der Waals surface area contributed by atoms with Gasteiger partial charge in [-0.1, -0.05) is 30.3 Å². The molecule has 0 heterocycles. The molecular weight excluding hydrogens is 242 g/mol. The Bertz CT molecular complexity index is 346.